The first-order chi connectivity index (χ1) is 14.2. The molecule has 1 aromatic heterocycles. The van der Waals surface area contributed by atoms with Crippen molar-refractivity contribution in [3.8, 4) is 11.5 Å². The molecule has 1 saturated carbocycles. The zero-order valence-corrected chi connectivity index (χ0v) is 17.1. The van der Waals surface area contributed by atoms with Crippen LogP contribution in [0.5, 0.6) is 11.5 Å². The van der Waals surface area contributed by atoms with Gasteiger partial charge in [-0.2, -0.15) is 0 Å². The maximum atomic E-state index is 13.0. The summed E-state index contributed by atoms with van der Waals surface area (Å²) in [5, 5.41) is 1.25. The Morgan fingerprint density at radius 2 is 1.93 bits per heavy atom. The van der Waals surface area contributed by atoms with Gasteiger partial charge in [-0.05, 0) is 55.5 Å². The minimum atomic E-state index is 0.220. The van der Waals surface area contributed by atoms with E-state index in [-0.39, 0.29) is 5.91 Å². The molecule has 1 fully saturated rings. The molecule has 0 atom stereocenters. The third kappa shape index (κ3) is 4.39. The van der Waals surface area contributed by atoms with Gasteiger partial charge in [-0.15, -0.1) is 0 Å². The number of aryl methyl sites for hydroxylation is 1. The summed E-state index contributed by atoms with van der Waals surface area (Å²) in [5.41, 5.74) is 3.42. The number of methoxy groups -OCH3 is 2. The lowest BCUT2D eigenvalue weighted by Gasteiger charge is -2.24. The fraction of sp³-hybridized carbons (Fsp3) is 0.375. The molecule has 2 aromatic carbocycles. The average molecular weight is 392 g/mol. The van der Waals surface area contributed by atoms with Gasteiger partial charge in [0.2, 0.25) is 5.91 Å². The molecule has 1 aliphatic rings. The fourth-order valence-electron chi connectivity index (χ4n) is 3.91. The van der Waals surface area contributed by atoms with Gasteiger partial charge < -0.3 is 19.4 Å². The minimum Gasteiger partial charge on any atom is -0.497 e. The number of carbonyl (C=O) groups is 1. The fourth-order valence-corrected chi connectivity index (χ4v) is 3.91. The Hall–Kier alpha value is -2.95. The Balaban J connectivity index is 1.41. The number of nitrogens with one attached hydrogen (secondary N) is 1. The third-order valence-electron chi connectivity index (χ3n) is 5.65. The van der Waals surface area contributed by atoms with Crippen molar-refractivity contribution in [2.45, 2.75) is 44.7 Å². The predicted octanol–water partition coefficient (Wildman–Crippen LogP) is 4.70. The maximum absolute atomic E-state index is 13.0. The highest BCUT2D eigenvalue weighted by Gasteiger charge is 2.32. The quantitative estimate of drug-likeness (QED) is 0.574. The summed E-state index contributed by atoms with van der Waals surface area (Å²) < 4.78 is 10.9. The summed E-state index contributed by atoms with van der Waals surface area (Å²) in [5.74, 6) is 1.79. The van der Waals surface area contributed by atoms with Crippen LogP contribution < -0.4 is 9.47 Å². The number of benzene rings is 2. The molecular formula is C24H28N2O3. The van der Waals surface area contributed by atoms with Gasteiger partial charge in [-0.25, -0.2) is 0 Å². The Morgan fingerprint density at radius 3 is 2.69 bits per heavy atom. The van der Waals surface area contributed by atoms with E-state index in [0.717, 1.165) is 48.3 Å². The molecule has 0 radical (unpaired) electrons. The first-order valence-electron chi connectivity index (χ1n) is 10.2. The highest BCUT2D eigenvalue weighted by atomic mass is 16.5. The van der Waals surface area contributed by atoms with Crippen molar-refractivity contribution < 1.29 is 14.3 Å². The van der Waals surface area contributed by atoms with Crippen LogP contribution in [0, 0.1) is 0 Å². The van der Waals surface area contributed by atoms with Crippen LogP contribution >= 0.6 is 0 Å². The van der Waals surface area contributed by atoms with Gasteiger partial charge in [0.05, 0.1) is 14.2 Å². The van der Waals surface area contributed by atoms with Gasteiger partial charge in [0.1, 0.15) is 11.5 Å². The predicted molar refractivity (Wildman–Crippen MR) is 114 cm³/mol. The Bertz CT molecular complexity index is 991. The number of carbonyl (C=O) groups excluding carboxylic acids is 1. The molecule has 29 heavy (non-hydrogen) atoms. The molecule has 1 heterocycles. The number of nitrogens with zero attached hydrogens (tertiary/aromatic N) is 1. The second kappa shape index (κ2) is 8.60. The first kappa shape index (κ1) is 19.4. The number of hydrogen-bond donors (Lipinski definition) is 1. The number of H-pyrrole nitrogens is 1. The van der Waals surface area contributed by atoms with Gasteiger partial charge in [0.15, 0.2) is 0 Å². The summed E-state index contributed by atoms with van der Waals surface area (Å²) in [6.45, 7) is 0.566. The van der Waals surface area contributed by atoms with Crippen LogP contribution in [-0.4, -0.2) is 36.1 Å². The molecule has 1 aliphatic carbocycles. The van der Waals surface area contributed by atoms with E-state index >= 15 is 0 Å². The highest BCUT2D eigenvalue weighted by molar-refractivity contribution is 5.83. The molecule has 0 saturated heterocycles. The number of aromatic nitrogens is 1. The number of aromatic amines is 1. The molecule has 0 bridgehead atoms. The van der Waals surface area contributed by atoms with Crippen LogP contribution in [0.2, 0.25) is 0 Å². The van der Waals surface area contributed by atoms with Gasteiger partial charge in [-0.1, -0.05) is 18.2 Å². The number of para-hydroxylation sites is 1. The minimum absolute atomic E-state index is 0.220. The monoisotopic (exact) mass is 392 g/mol. The van der Waals surface area contributed by atoms with Crippen molar-refractivity contribution in [1.82, 2.24) is 9.88 Å². The lowest BCUT2D eigenvalue weighted by atomic mass is 10.1. The molecule has 4 rings (SSSR count). The maximum Gasteiger partial charge on any atom is 0.223 e. The summed E-state index contributed by atoms with van der Waals surface area (Å²) in [6.07, 6.45) is 6.54. The highest BCUT2D eigenvalue weighted by Crippen LogP contribution is 2.32. The zero-order chi connectivity index (χ0) is 20.2. The number of ether oxygens (including phenoxy) is 2. The second-order valence-electron chi connectivity index (χ2n) is 7.64. The van der Waals surface area contributed by atoms with E-state index in [2.05, 4.69) is 29.4 Å². The number of rotatable bonds is 9. The topological polar surface area (TPSA) is 54.6 Å². The van der Waals surface area contributed by atoms with E-state index in [9.17, 15) is 4.79 Å². The molecule has 152 valence electrons. The average Bonchev–Trinajstić information content (AvgIpc) is 3.52. The summed E-state index contributed by atoms with van der Waals surface area (Å²) in [7, 11) is 3.32. The molecule has 0 aliphatic heterocycles. The lowest BCUT2D eigenvalue weighted by Crippen LogP contribution is -2.32. The number of amides is 1. The largest absolute Gasteiger partial charge is 0.497 e. The van der Waals surface area contributed by atoms with Crippen LogP contribution in [0.1, 0.15) is 36.8 Å². The van der Waals surface area contributed by atoms with Crippen molar-refractivity contribution in [1.29, 1.82) is 0 Å². The van der Waals surface area contributed by atoms with Crippen molar-refractivity contribution in [3.05, 3.63) is 59.8 Å². The van der Waals surface area contributed by atoms with E-state index in [4.69, 9.17) is 9.47 Å². The van der Waals surface area contributed by atoms with E-state index in [0.29, 0.717) is 19.0 Å². The van der Waals surface area contributed by atoms with Crippen molar-refractivity contribution in [3.63, 3.8) is 0 Å². The smallest absolute Gasteiger partial charge is 0.223 e. The normalized spacial score (nSPS) is 13.4. The molecule has 5 heteroatoms. The molecule has 0 spiro atoms. The lowest BCUT2D eigenvalue weighted by molar-refractivity contribution is -0.132. The summed E-state index contributed by atoms with van der Waals surface area (Å²) in [6, 6.07) is 14.4. The van der Waals surface area contributed by atoms with E-state index in [1.54, 1.807) is 14.2 Å². The van der Waals surface area contributed by atoms with Crippen LogP contribution in [-0.2, 0) is 17.8 Å². The summed E-state index contributed by atoms with van der Waals surface area (Å²) in [4.78, 5) is 18.4. The van der Waals surface area contributed by atoms with E-state index in [1.807, 2.05) is 29.2 Å². The molecular weight excluding hydrogens is 364 g/mol. The molecule has 1 amide bonds. The van der Waals surface area contributed by atoms with Crippen LogP contribution in [0.25, 0.3) is 10.9 Å². The van der Waals surface area contributed by atoms with E-state index < -0.39 is 0 Å². The zero-order valence-electron chi connectivity index (χ0n) is 17.1. The number of hydrogen-bond acceptors (Lipinski definition) is 3. The van der Waals surface area contributed by atoms with Gasteiger partial charge in [-0.3, -0.25) is 4.79 Å². The van der Waals surface area contributed by atoms with Gasteiger partial charge in [0, 0.05) is 41.7 Å². The Morgan fingerprint density at radius 1 is 1.10 bits per heavy atom. The number of fused-ring (bicyclic) bond motifs is 1. The summed E-state index contributed by atoms with van der Waals surface area (Å²) >= 11 is 0. The Labute approximate surface area is 171 Å². The molecule has 1 N–H and O–H groups in total. The second-order valence-corrected chi connectivity index (χ2v) is 7.64. The van der Waals surface area contributed by atoms with Gasteiger partial charge >= 0.3 is 0 Å². The van der Waals surface area contributed by atoms with Crippen molar-refractivity contribution >= 4 is 16.8 Å². The van der Waals surface area contributed by atoms with Crippen LogP contribution in [0.3, 0.4) is 0 Å². The first-order valence-corrected chi connectivity index (χ1v) is 10.2. The molecule has 5 nitrogen and oxygen atoms in total. The Kier molecular flexibility index (Phi) is 5.74. The van der Waals surface area contributed by atoms with Crippen LogP contribution in [0.15, 0.2) is 48.7 Å². The third-order valence-corrected chi connectivity index (χ3v) is 5.65. The van der Waals surface area contributed by atoms with Crippen molar-refractivity contribution in [2.24, 2.45) is 0 Å². The van der Waals surface area contributed by atoms with Gasteiger partial charge in [0.25, 0.3) is 0 Å². The SMILES string of the molecule is COc1ccc(OC)c(CN(C(=O)CCCc2c[nH]c3ccccc23)C2CC2)c1. The molecule has 0 unspecified atom stereocenters. The van der Waals surface area contributed by atoms with E-state index in [1.165, 1.54) is 10.9 Å². The standard InChI is InChI=1S/C24H28N2O3/c1-28-20-12-13-23(29-2)18(14-20)16-26(19-10-11-19)24(27)9-5-6-17-15-25-22-8-4-3-7-21(17)22/h3-4,7-8,12-15,19,25H,5-6,9-11,16H2,1-2H3. The van der Waals surface area contributed by atoms with Crippen LogP contribution in [0.4, 0.5) is 0 Å². The van der Waals surface area contributed by atoms with Crippen molar-refractivity contribution in [2.75, 3.05) is 14.2 Å². The molecule has 3 aromatic rings.